The second-order valence-corrected chi connectivity index (χ2v) is 8.88. The molecule has 1 aromatic heterocycles. The van der Waals surface area contributed by atoms with Gasteiger partial charge in [-0.15, -0.1) is 10.2 Å². The fraction of sp³-hybridized carbons (Fsp3) is 0.348. The Morgan fingerprint density at radius 2 is 1.91 bits per heavy atom. The summed E-state index contributed by atoms with van der Waals surface area (Å²) in [4.78, 5) is 12.9. The van der Waals surface area contributed by atoms with Gasteiger partial charge in [-0.3, -0.25) is 4.79 Å². The summed E-state index contributed by atoms with van der Waals surface area (Å²) in [5.74, 6) is 1.93. The monoisotopic (exact) mass is 474 g/mol. The van der Waals surface area contributed by atoms with E-state index in [0.717, 1.165) is 36.5 Å². The molecule has 0 aliphatic carbocycles. The van der Waals surface area contributed by atoms with Crippen molar-refractivity contribution in [1.29, 1.82) is 0 Å². The summed E-state index contributed by atoms with van der Waals surface area (Å²) in [6, 6.07) is 12.8. The van der Waals surface area contributed by atoms with Gasteiger partial charge < -0.3 is 19.4 Å². The third-order valence-corrected chi connectivity index (χ3v) is 6.19. The van der Waals surface area contributed by atoms with Crippen molar-refractivity contribution in [3.63, 3.8) is 0 Å². The van der Waals surface area contributed by atoms with Crippen molar-refractivity contribution in [3.05, 3.63) is 47.5 Å². The summed E-state index contributed by atoms with van der Waals surface area (Å²) >= 11 is 7.44. The van der Waals surface area contributed by atoms with Crippen LogP contribution in [0.5, 0.6) is 11.5 Å². The van der Waals surface area contributed by atoms with E-state index in [-0.39, 0.29) is 5.91 Å². The van der Waals surface area contributed by atoms with Crippen LogP contribution in [0.25, 0.3) is 11.4 Å². The third-order valence-electron chi connectivity index (χ3n) is 4.87. The number of aromatic nitrogens is 3. The van der Waals surface area contributed by atoms with Gasteiger partial charge in [0.05, 0.1) is 25.2 Å². The molecule has 0 saturated heterocycles. The van der Waals surface area contributed by atoms with Crippen LogP contribution in [0.3, 0.4) is 0 Å². The van der Waals surface area contributed by atoms with Crippen LogP contribution in [0.4, 0.5) is 5.69 Å². The highest BCUT2D eigenvalue weighted by molar-refractivity contribution is 8.00. The van der Waals surface area contributed by atoms with Crippen LogP contribution in [0.2, 0.25) is 5.02 Å². The summed E-state index contributed by atoms with van der Waals surface area (Å²) < 4.78 is 12.6. The minimum Gasteiger partial charge on any atom is -0.497 e. The van der Waals surface area contributed by atoms with E-state index >= 15 is 0 Å². The molecule has 0 aliphatic heterocycles. The van der Waals surface area contributed by atoms with Gasteiger partial charge in [-0.05, 0) is 55.8 Å². The first kappa shape index (κ1) is 23.9. The van der Waals surface area contributed by atoms with E-state index < -0.39 is 5.25 Å². The molecular weight excluding hydrogens is 448 g/mol. The number of hydrogen-bond acceptors (Lipinski definition) is 6. The molecule has 0 radical (unpaired) electrons. The largest absolute Gasteiger partial charge is 0.497 e. The Morgan fingerprint density at radius 1 is 1.16 bits per heavy atom. The fourth-order valence-electron chi connectivity index (χ4n) is 3.07. The number of nitrogens with zero attached hydrogens (tertiary/aromatic N) is 3. The Morgan fingerprint density at radius 3 is 2.56 bits per heavy atom. The number of carbonyl (C=O) groups excluding carboxylic acids is 1. The second-order valence-electron chi connectivity index (χ2n) is 7.13. The highest BCUT2D eigenvalue weighted by Gasteiger charge is 2.22. The number of rotatable bonds is 10. The number of thioether (sulfide) groups is 1. The molecule has 3 rings (SSSR count). The van der Waals surface area contributed by atoms with Crippen molar-refractivity contribution < 1.29 is 14.3 Å². The summed E-state index contributed by atoms with van der Waals surface area (Å²) in [7, 11) is 3.19. The van der Waals surface area contributed by atoms with Gasteiger partial charge in [0, 0.05) is 17.1 Å². The van der Waals surface area contributed by atoms with Crippen LogP contribution < -0.4 is 14.8 Å². The third kappa shape index (κ3) is 5.75. The lowest BCUT2D eigenvalue weighted by molar-refractivity contribution is -0.115. The van der Waals surface area contributed by atoms with Gasteiger partial charge in [0.1, 0.15) is 11.5 Å². The van der Waals surface area contributed by atoms with Crippen LogP contribution in [0, 0.1) is 0 Å². The van der Waals surface area contributed by atoms with Gasteiger partial charge in [0.2, 0.25) is 5.91 Å². The topological polar surface area (TPSA) is 78.3 Å². The summed E-state index contributed by atoms with van der Waals surface area (Å²) in [6.07, 6.45) is 2.02. The zero-order valence-electron chi connectivity index (χ0n) is 18.6. The van der Waals surface area contributed by atoms with Gasteiger partial charge in [-0.1, -0.05) is 36.7 Å². The van der Waals surface area contributed by atoms with Crippen molar-refractivity contribution in [1.82, 2.24) is 14.8 Å². The Balaban J connectivity index is 1.80. The van der Waals surface area contributed by atoms with Crippen LogP contribution in [0.15, 0.2) is 47.6 Å². The van der Waals surface area contributed by atoms with Gasteiger partial charge in [0.25, 0.3) is 0 Å². The van der Waals surface area contributed by atoms with E-state index in [4.69, 9.17) is 21.1 Å². The molecular formula is C23H27ClN4O3S. The lowest BCUT2D eigenvalue weighted by Crippen LogP contribution is -2.23. The zero-order valence-corrected chi connectivity index (χ0v) is 20.2. The molecule has 1 unspecified atom stereocenters. The molecule has 1 N–H and O–H groups in total. The van der Waals surface area contributed by atoms with Crippen LogP contribution in [-0.2, 0) is 11.3 Å². The summed E-state index contributed by atoms with van der Waals surface area (Å²) in [5, 5.41) is 12.5. The predicted molar refractivity (Wildman–Crippen MR) is 129 cm³/mol. The highest BCUT2D eigenvalue weighted by atomic mass is 35.5. The molecule has 9 heteroatoms. The number of anilines is 1. The minimum atomic E-state index is -0.410. The van der Waals surface area contributed by atoms with Crippen LogP contribution in [-0.4, -0.2) is 40.1 Å². The molecule has 0 spiro atoms. The SMILES string of the molecule is CCCCn1c(SC(C)C(=O)Nc2cc(Cl)ccc2OC)nnc1-c1ccc(OC)cc1. The molecule has 0 aliphatic rings. The van der Waals surface area contributed by atoms with E-state index in [0.29, 0.717) is 21.6 Å². The molecule has 1 atom stereocenters. The van der Waals surface area contributed by atoms with Gasteiger partial charge >= 0.3 is 0 Å². The molecule has 1 amide bonds. The maximum absolute atomic E-state index is 12.9. The van der Waals surface area contributed by atoms with Crippen LogP contribution in [0.1, 0.15) is 26.7 Å². The van der Waals surface area contributed by atoms with Crippen molar-refractivity contribution in [2.75, 3.05) is 19.5 Å². The normalized spacial score (nSPS) is 11.8. The molecule has 0 bridgehead atoms. The zero-order chi connectivity index (χ0) is 23.1. The van der Waals surface area contributed by atoms with E-state index in [9.17, 15) is 4.79 Å². The number of halogens is 1. The molecule has 1 heterocycles. The number of unbranched alkanes of at least 4 members (excludes halogenated alkanes) is 1. The average molecular weight is 475 g/mol. The minimum absolute atomic E-state index is 0.174. The average Bonchev–Trinajstić information content (AvgIpc) is 3.19. The summed E-state index contributed by atoms with van der Waals surface area (Å²) in [5.41, 5.74) is 1.48. The Bertz CT molecular complexity index is 1060. The smallest absolute Gasteiger partial charge is 0.237 e. The quantitative estimate of drug-likeness (QED) is 0.389. The number of nitrogens with one attached hydrogen (secondary N) is 1. The first-order chi connectivity index (χ1) is 15.5. The van der Waals surface area contributed by atoms with Crippen molar-refractivity contribution in [2.45, 2.75) is 43.6 Å². The molecule has 170 valence electrons. The van der Waals surface area contributed by atoms with Crippen LogP contribution >= 0.6 is 23.4 Å². The second kappa shape index (κ2) is 11.2. The van der Waals surface area contributed by atoms with Gasteiger partial charge in [-0.25, -0.2) is 0 Å². The first-order valence-electron chi connectivity index (χ1n) is 10.4. The predicted octanol–water partition coefficient (Wildman–Crippen LogP) is 5.54. The maximum atomic E-state index is 12.9. The molecule has 0 fully saturated rings. The number of methoxy groups -OCH3 is 2. The Labute approximate surface area is 197 Å². The molecule has 3 aromatic rings. The lowest BCUT2D eigenvalue weighted by atomic mass is 10.2. The number of carbonyl (C=O) groups is 1. The number of ether oxygens (including phenoxy) is 2. The van der Waals surface area contributed by atoms with Crippen molar-refractivity contribution >= 4 is 35.0 Å². The van der Waals surface area contributed by atoms with E-state index in [1.54, 1.807) is 32.4 Å². The van der Waals surface area contributed by atoms with Crippen molar-refractivity contribution in [2.24, 2.45) is 0 Å². The first-order valence-corrected chi connectivity index (χ1v) is 11.6. The number of hydrogen-bond donors (Lipinski definition) is 1. The molecule has 0 saturated carbocycles. The standard InChI is InChI=1S/C23H27ClN4O3S/c1-5-6-13-28-21(16-7-10-18(30-3)11-8-16)26-27-23(28)32-15(2)22(29)25-19-14-17(24)9-12-20(19)31-4/h7-12,14-15H,5-6,13H2,1-4H3,(H,25,29). The van der Waals surface area contributed by atoms with E-state index in [1.165, 1.54) is 11.8 Å². The number of amides is 1. The Kier molecular flexibility index (Phi) is 8.41. The lowest BCUT2D eigenvalue weighted by Gasteiger charge is -2.15. The Hall–Kier alpha value is -2.71. The van der Waals surface area contributed by atoms with Gasteiger partial charge in [-0.2, -0.15) is 0 Å². The number of benzene rings is 2. The van der Waals surface area contributed by atoms with E-state index in [2.05, 4.69) is 27.0 Å². The fourth-order valence-corrected chi connectivity index (χ4v) is 4.12. The molecule has 32 heavy (non-hydrogen) atoms. The van der Waals surface area contributed by atoms with Gasteiger partial charge in [0.15, 0.2) is 11.0 Å². The molecule has 7 nitrogen and oxygen atoms in total. The summed E-state index contributed by atoms with van der Waals surface area (Å²) in [6.45, 7) is 4.74. The van der Waals surface area contributed by atoms with E-state index in [1.807, 2.05) is 31.2 Å². The maximum Gasteiger partial charge on any atom is 0.237 e. The highest BCUT2D eigenvalue weighted by Crippen LogP contribution is 2.31. The van der Waals surface area contributed by atoms with Crippen molar-refractivity contribution in [3.8, 4) is 22.9 Å². The molecule has 2 aromatic carbocycles.